The number of aryl methyl sites for hydroxylation is 1. The molecule has 4 heteroatoms. The van der Waals surface area contributed by atoms with Gasteiger partial charge in [-0.3, -0.25) is 14.7 Å². The summed E-state index contributed by atoms with van der Waals surface area (Å²) in [5, 5.41) is 0. The molecule has 1 saturated carbocycles. The van der Waals surface area contributed by atoms with Crippen molar-refractivity contribution in [1.82, 2.24) is 14.8 Å². The Morgan fingerprint density at radius 2 is 2.30 bits per heavy atom. The molecule has 0 radical (unpaired) electrons. The zero-order chi connectivity index (χ0) is 14.3. The summed E-state index contributed by atoms with van der Waals surface area (Å²) in [6.45, 7) is 5.08. The van der Waals surface area contributed by atoms with Gasteiger partial charge in [0.05, 0.1) is 5.69 Å². The van der Waals surface area contributed by atoms with Gasteiger partial charge in [0.1, 0.15) is 0 Å². The SMILES string of the molecule is Cc1cccc(CN2CC[C@@]3(C[C@H]3C(=O)N(C)C)C2)n1. The summed E-state index contributed by atoms with van der Waals surface area (Å²) >= 11 is 0. The first kappa shape index (κ1) is 13.6. The van der Waals surface area contributed by atoms with Crippen LogP contribution in [0.1, 0.15) is 24.2 Å². The summed E-state index contributed by atoms with van der Waals surface area (Å²) in [5.74, 6) is 0.563. The molecule has 1 aromatic heterocycles. The van der Waals surface area contributed by atoms with Gasteiger partial charge in [0.15, 0.2) is 0 Å². The second-order valence-corrected chi connectivity index (χ2v) is 6.58. The highest BCUT2D eigenvalue weighted by molar-refractivity contribution is 5.82. The van der Waals surface area contributed by atoms with E-state index in [0.29, 0.717) is 5.91 Å². The van der Waals surface area contributed by atoms with Crippen LogP contribution in [-0.2, 0) is 11.3 Å². The lowest BCUT2D eigenvalue weighted by Crippen LogP contribution is -2.27. The number of hydrogen-bond donors (Lipinski definition) is 0. The fourth-order valence-corrected chi connectivity index (χ4v) is 3.50. The lowest BCUT2D eigenvalue weighted by Gasteiger charge is -2.16. The van der Waals surface area contributed by atoms with Crippen LogP contribution in [-0.4, -0.2) is 47.9 Å². The first-order valence-electron chi connectivity index (χ1n) is 7.36. The van der Waals surface area contributed by atoms with Crippen LogP contribution in [0.5, 0.6) is 0 Å². The van der Waals surface area contributed by atoms with E-state index < -0.39 is 0 Å². The van der Waals surface area contributed by atoms with Gasteiger partial charge in [-0.05, 0) is 43.9 Å². The van der Waals surface area contributed by atoms with Crippen LogP contribution in [0.25, 0.3) is 0 Å². The molecular weight excluding hydrogens is 250 g/mol. The van der Waals surface area contributed by atoms with E-state index in [0.717, 1.165) is 43.9 Å². The molecule has 2 aliphatic rings. The summed E-state index contributed by atoms with van der Waals surface area (Å²) in [6, 6.07) is 6.19. The Morgan fingerprint density at radius 3 is 3.00 bits per heavy atom. The van der Waals surface area contributed by atoms with Crippen molar-refractivity contribution in [1.29, 1.82) is 0 Å². The van der Waals surface area contributed by atoms with Gasteiger partial charge in [0.25, 0.3) is 0 Å². The molecule has 2 atom stereocenters. The lowest BCUT2D eigenvalue weighted by molar-refractivity contribution is -0.130. The molecule has 20 heavy (non-hydrogen) atoms. The predicted molar refractivity (Wildman–Crippen MR) is 78.1 cm³/mol. The minimum atomic E-state index is 0.257. The molecule has 108 valence electrons. The standard InChI is InChI=1S/C16H23N3O/c1-12-5-4-6-13(17-12)10-19-8-7-16(11-19)9-14(16)15(20)18(2)3/h4-6,14H,7-11H2,1-3H3/t14-,16+/m0/s1. The van der Waals surface area contributed by atoms with Gasteiger partial charge < -0.3 is 4.90 Å². The zero-order valence-electron chi connectivity index (χ0n) is 12.6. The van der Waals surface area contributed by atoms with Gasteiger partial charge in [-0.1, -0.05) is 6.07 Å². The van der Waals surface area contributed by atoms with E-state index in [2.05, 4.69) is 22.0 Å². The van der Waals surface area contributed by atoms with Crippen LogP contribution >= 0.6 is 0 Å². The van der Waals surface area contributed by atoms with Crippen molar-refractivity contribution in [3.63, 3.8) is 0 Å². The Kier molecular flexibility index (Phi) is 3.28. The maximum Gasteiger partial charge on any atom is 0.225 e. The van der Waals surface area contributed by atoms with E-state index in [-0.39, 0.29) is 11.3 Å². The Hall–Kier alpha value is -1.42. The summed E-state index contributed by atoms with van der Waals surface area (Å²) in [7, 11) is 3.72. The minimum Gasteiger partial charge on any atom is -0.349 e. The first-order chi connectivity index (χ1) is 9.50. The second-order valence-electron chi connectivity index (χ2n) is 6.58. The second kappa shape index (κ2) is 4.85. The molecule has 0 aromatic carbocycles. The highest BCUT2D eigenvalue weighted by atomic mass is 16.2. The zero-order valence-corrected chi connectivity index (χ0v) is 12.6. The van der Waals surface area contributed by atoms with E-state index in [4.69, 9.17) is 0 Å². The van der Waals surface area contributed by atoms with Crippen LogP contribution < -0.4 is 0 Å². The van der Waals surface area contributed by atoms with Gasteiger partial charge in [0.2, 0.25) is 5.91 Å². The summed E-state index contributed by atoms with van der Waals surface area (Å²) < 4.78 is 0. The number of rotatable bonds is 3. The van der Waals surface area contributed by atoms with Gasteiger partial charge in [-0.15, -0.1) is 0 Å². The van der Waals surface area contributed by atoms with Crippen molar-refractivity contribution >= 4 is 5.91 Å². The Labute approximate surface area is 120 Å². The normalized spacial score (nSPS) is 28.9. The average Bonchev–Trinajstić information content (AvgIpc) is 2.94. The lowest BCUT2D eigenvalue weighted by atomic mass is 10.0. The molecule has 3 rings (SSSR count). The van der Waals surface area contributed by atoms with E-state index in [1.165, 1.54) is 0 Å². The van der Waals surface area contributed by atoms with Crippen LogP contribution in [0, 0.1) is 18.3 Å². The number of likely N-dealkylation sites (tertiary alicyclic amines) is 1. The quantitative estimate of drug-likeness (QED) is 0.841. The van der Waals surface area contributed by atoms with Gasteiger partial charge in [-0.2, -0.15) is 0 Å². The topological polar surface area (TPSA) is 36.4 Å². The van der Waals surface area contributed by atoms with E-state index in [1.807, 2.05) is 27.1 Å². The smallest absolute Gasteiger partial charge is 0.225 e. The van der Waals surface area contributed by atoms with Crippen molar-refractivity contribution in [2.45, 2.75) is 26.3 Å². The Balaban J connectivity index is 1.60. The van der Waals surface area contributed by atoms with E-state index >= 15 is 0 Å². The van der Waals surface area contributed by atoms with Crippen LogP contribution in [0.15, 0.2) is 18.2 Å². The summed E-state index contributed by atoms with van der Waals surface area (Å²) in [6.07, 6.45) is 2.23. The summed E-state index contributed by atoms with van der Waals surface area (Å²) in [5.41, 5.74) is 2.48. The molecule has 1 spiro atoms. The maximum absolute atomic E-state index is 12.1. The fourth-order valence-electron chi connectivity index (χ4n) is 3.50. The molecule has 2 heterocycles. The van der Waals surface area contributed by atoms with Gasteiger partial charge in [0, 0.05) is 38.8 Å². The molecule has 2 fully saturated rings. The Bertz CT molecular complexity index is 528. The van der Waals surface area contributed by atoms with E-state index in [9.17, 15) is 4.79 Å². The summed E-state index contributed by atoms with van der Waals surface area (Å²) in [4.78, 5) is 20.8. The number of carbonyl (C=O) groups excluding carboxylic acids is 1. The number of amides is 1. The molecule has 0 N–H and O–H groups in total. The van der Waals surface area contributed by atoms with Crippen molar-refractivity contribution < 1.29 is 4.79 Å². The first-order valence-corrected chi connectivity index (χ1v) is 7.36. The molecule has 1 saturated heterocycles. The minimum absolute atomic E-state index is 0.257. The fraction of sp³-hybridized carbons (Fsp3) is 0.625. The van der Waals surface area contributed by atoms with Crippen molar-refractivity contribution in [2.75, 3.05) is 27.2 Å². The molecule has 1 aliphatic heterocycles. The monoisotopic (exact) mass is 273 g/mol. The van der Waals surface area contributed by atoms with Crippen LogP contribution in [0.2, 0.25) is 0 Å². The third kappa shape index (κ3) is 2.44. The van der Waals surface area contributed by atoms with Crippen molar-refractivity contribution in [3.05, 3.63) is 29.6 Å². The molecule has 0 unspecified atom stereocenters. The largest absolute Gasteiger partial charge is 0.349 e. The van der Waals surface area contributed by atoms with E-state index in [1.54, 1.807) is 4.90 Å². The average molecular weight is 273 g/mol. The number of aromatic nitrogens is 1. The van der Waals surface area contributed by atoms with Crippen molar-refractivity contribution in [2.24, 2.45) is 11.3 Å². The molecule has 1 aliphatic carbocycles. The Morgan fingerprint density at radius 1 is 1.50 bits per heavy atom. The number of carbonyl (C=O) groups is 1. The molecule has 4 nitrogen and oxygen atoms in total. The molecular formula is C16H23N3O. The molecule has 1 amide bonds. The highest BCUT2D eigenvalue weighted by Gasteiger charge is 2.60. The maximum atomic E-state index is 12.1. The third-order valence-corrected chi connectivity index (χ3v) is 4.72. The van der Waals surface area contributed by atoms with Crippen molar-refractivity contribution in [3.8, 4) is 0 Å². The molecule has 1 aromatic rings. The number of pyridine rings is 1. The highest BCUT2D eigenvalue weighted by Crippen LogP contribution is 2.59. The molecule has 0 bridgehead atoms. The number of nitrogens with zero attached hydrogens (tertiary/aromatic N) is 3. The van der Waals surface area contributed by atoms with Gasteiger partial charge in [-0.25, -0.2) is 0 Å². The van der Waals surface area contributed by atoms with Crippen LogP contribution in [0.3, 0.4) is 0 Å². The number of hydrogen-bond acceptors (Lipinski definition) is 3. The van der Waals surface area contributed by atoms with Crippen LogP contribution in [0.4, 0.5) is 0 Å². The van der Waals surface area contributed by atoms with Gasteiger partial charge >= 0.3 is 0 Å². The predicted octanol–water partition coefficient (Wildman–Crippen LogP) is 1.69. The third-order valence-electron chi connectivity index (χ3n) is 4.72.